The van der Waals surface area contributed by atoms with E-state index in [0.717, 1.165) is 18.4 Å². The van der Waals surface area contributed by atoms with Crippen LogP contribution in [0.25, 0.3) is 0 Å². The minimum atomic E-state index is -0.0172. The fraction of sp³-hybridized carbons (Fsp3) is 0.500. The Kier molecular flexibility index (Phi) is 4.83. The van der Waals surface area contributed by atoms with Gasteiger partial charge in [-0.25, -0.2) is 0 Å². The number of amides is 2. The van der Waals surface area contributed by atoms with Gasteiger partial charge < -0.3 is 16.0 Å². The third-order valence-corrected chi connectivity index (χ3v) is 4.02. The third kappa shape index (κ3) is 3.54. The number of carbonyl (C=O) groups excluding carboxylic acids is 2. The first-order valence-electron chi connectivity index (χ1n) is 7.46. The van der Waals surface area contributed by atoms with Crippen molar-refractivity contribution in [1.82, 2.24) is 10.2 Å². The Hall–Kier alpha value is -2.04. The van der Waals surface area contributed by atoms with Crippen molar-refractivity contribution >= 4 is 17.5 Å². The van der Waals surface area contributed by atoms with Crippen molar-refractivity contribution in [1.29, 1.82) is 0 Å². The summed E-state index contributed by atoms with van der Waals surface area (Å²) in [4.78, 5) is 25.7. The highest BCUT2D eigenvalue weighted by molar-refractivity contribution is 5.99. The molecule has 0 aromatic heterocycles. The highest BCUT2D eigenvalue weighted by Crippen LogP contribution is 2.20. The third-order valence-electron chi connectivity index (χ3n) is 4.02. The highest BCUT2D eigenvalue weighted by atomic mass is 16.2. The average Bonchev–Trinajstić information content (AvgIpc) is 2.50. The van der Waals surface area contributed by atoms with Crippen LogP contribution < -0.4 is 11.1 Å². The number of likely N-dealkylation sites (tertiary alicyclic amines) is 1. The summed E-state index contributed by atoms with van der Waals surface area (Å²) in [6.45, 7) is 5.05. The standard InChI is InChI=1S/C16H23N3O2/c1-3-14(20)18-12-7-9-19(10-8-12)16(21)13-6-4-5-11(2)15(13)17/h4-6,12H,3,7-10,17H2,1-2H3,(H,18,20). The molecule has 1 aromatic rings. The van der Waals surface area contributed by atoms with E-state index in [2.05, 4.69) is 5.32 Å². The number of nitrogens with zero attached hydrogens (tertiary/aromatic N) is 1. The lowest BCUT2D eigenvalue weighted by Gasteiger charge is -2.32. The van der Waals surface area contributed by atoms with Crippen LogP contribution in [0.5, 0.6) is 0 Å². The number of nitrogens with two attached hydrogens (primary N) is 1. The average molecular weight is 289 g/mol. The maximum Gasteiger partial charge on any atom is 0.255 e. The number of nitrogen functional groups attached to an aromatic ring is 1. The maximum absolute atomic E-state index is 12.5. The largest absolute Gasteiger partial charge is 0.398 e. The minimum Gasteiger partial charge on any atom is -0.398 e. The SMILES string of the molecule is CCC(=O)NC1CCN(C(=O)c2cccc(C)c2N)CC1. The predicted molar refractivity (Wildman–Crippen MR) is 83.0 cm³/mol. The number of rotatable bonds is 3. The topological polar surface area (TPSA) is 75.4 Å². The number of hydrogen-bond donors (Lipinski definition) is 2. The van der Waals surface area contributed by atoms with Gasteiger partial charge in [-0.3, -0.25) is 9.59 Å². The molecule has 1 heterocycles. The van der Waals surface area contributed by atoms with E-state index in [9.17, 15) is 9.59 Å². The normalized spacial score (nSPS) is 15.8. The van der Waals surface area contributed by atoms with Crippen molar-refractivity contribution in [3.8, 4) is 0 Å². The van der Waals surface area contributed by atoms with E-state index >= 15 is 0 Å². The molecule has 0 bridgehead atoms. The van der Waals surface area contributed by atoms with Gasteiger partial charge in [0.25, 0.3) is 5.91 Å². The summed E-state index contributed by atoms with van der Waals surface area (Å²) in [5.41, 5.74) is 8.05. The summed E-state index contributed by atoms with van der Waals surface area (Å²) < 4.78 is 0. The van der Waals surface area contributed by atoms with E-state index in [-0.39, 0.29) is 17.9 Å². The molecule has 0 radical (unpaired) electrons. The van der Waals surface area contributed by atoms with E-state index in [1.165, 1.54) is 0 Å². The van der Waals surface area contributed by atoms with Crippen LogP contribution in [0.15, 0.2) is 18.2 Å². The number of carbonyl (C=O) groups is 2. The van der Waals surface area contributed by atoms with Gasteiger partial charge in [-0.15, -0.1) is 0 Å². The zero-order chi connectivity index (χ0) is 15.4. The van der Waals surface area contributed by atoms with Gasteiger partial charge in [0.05, 0.1) is 5.56 Å². The van der Waals surface area contributed by atoms with Crippen LogP contribution in [0, 0.1) is 6.92 Å². The van der Waals surface area contributed by atoms with Crippen LogP contribution in [0.4, 0.5) is 5.69 Å². The molecule has 114 valence electrons. The van der Waals surface area contributed by atoms with Crippen molar-refractivity contribution in [2.75, 3.05) is 18.8 Å². The number of piperidine rings is 1. The van der Waals surface area contributed by atoms with Gasteiger partial charge in [0.2, 0.25) is 5.91 Å². The van der Waals surface area contributed by atoms with Crippen LogP contribution in [-0.4, -0.2) is 35.8 Å². The molecular weight excluding hydrogens is 266 g/mol. The molecule has 0 atom stereocenters. The van der Waals surface area contributed by atoms with Crippen molar-refractivity contribution in [3.63, 3.8) is 0 Å². The molecular formula is C16H23N3O2. The molecule has 1 aliphatic heterocycles. The van der Waals surface area contributed by atoms with E-state index in [1.807, 2.05) is 30.9 Å². The highest BCUT2D eigenvalue weighted by Gasteiger charge is 2.25. The smallest absolute Gasteiger partial charge is 0.255 e. The first-order valence-corrected chi connectivity index (χ1v) is 7.46. The fourth-order valence-corrected chi connectivity index (χ4v) is 2.59. The molecule has 3 N–H and O–H groups in total. The molecule has 21 heavy (non-hydrogen) atoms. The summed E-state index contributed by atoms with van der Waals surface area (Å²) in [6, 6.07) is 5.71. The van der Waals surface area contributed by atoms with Gasteiger partial charge in [-0.1, -0.05) is 19.1 Å². The summed E-state index contributed by atoms with van der Waals surface area (Å²) in [5, 5.41) is 2.99. The molecule has 5 nitrogen and oxygen atoms in total. The minimum absolute atomic E-state index is 0.0172. The Morgan fingerprint density at radius 2 is 2.00 bits per heavy atom. The van der Waals surface area contributed by atoms with E-state index in [0.29, 0.717) is 30.8 Å². The van der Waals surface area contributed by atoms with Gasteiger partial charge >= 0.3 is 0 Å². The van der Waals surface area contributed by atoms with Crippen LogP contribution in [-0.2, 0) is 4.79 Å². The number of nitrogens with one attached hydrogen (secondary N) is 1. The van der Waals surface area contributed by atoms with Gasteiger partial charge in [0.1, 0.15) is 0 Å². The first-order chi connectivity index (χ1) is 10.0. The monoisotopic (exact) mass is 289 g/mol. The fourth-order valence-electron chi connectivity index (χ4n) is 2.59. The number of benzene rings is 1. The molecule has 1 aromatic carbocycles. The second-order valence-electron chi connectivity index (χ2n) is 5.52. The lowest BCUT2D eigenvalue weighted by Crippen LogP contribution is -2.46. The molecule has 1 fully saturated rings. The van der Waals surface area contributed by atoms with Crippen LogP contribution in [0.3, 0.4) is 0 Å². The molecule has 2 amide bonds. The predicted octanol–water partition coefficient (Wildman–Crippen LogP) is 1.71. The van der Waals surface area contributed by atoms with Gasteiger partial charge in [-0.05, 0) is 31.4 Å². The van der Waals surface area contributed by atoms with Crippen LogP contribution >= 0.6 is 0 Å². The maximum atomic E-state index is 12.5. The first kappa shape index (κ1) is 15.4. The lowest BCUT2D eigenvalue weighted by atomic mass is 10.0. The molecule has 1 saturated heterocycles. The van der Waals surface area contributed by atoms with Gasteiger partial charge in [0.15, 0.2) is 0 Å². The Bertz CT molecular complexity index is 534. The second-order valence-corrected chi connectivity index (χ2v) is 5.52. The Morgan fingerprint density at radius 1 is 1.33 bits per heavy atom. The van der Waals surface area contributed by atoms with E-state index < -0.39 is 0 Å². The summed E-state index contributed by atoms with van der Waals surface area (Å²) in [7, 11) is 0. The van der Waals surface area contributed by atoms with Crippen molar-refractivity contribution < 1.29 is 9.59 Å². The van der Waals surface area contributed by atoms with Crippen LogP contribution in [0.1, 0.15) is 42.1 Å². The van der Waals surface area contributed by atoms with Gasteiger partial charge in [0, 0.05) is 31.2 Å². The Labute approximate surface area is 125 Å². The molecule has 0 unspecified atom stereocenters. The summed E-state index contributed by atoms with van der Waals surface area (Å²) in [6.07, 6.45) is 2.09. The number of hydrogen-bond acceptors (Lipinski definition) is 3. The van der Waals surface area contributed by atoms with E-state index in [1.54, 1.807) is 6.07 Å². The van der Waals surface area contributed by atoms with Crippen molar-refractivity contribution in [2.24, 2.45) is 0 Å². The number of anilines is 1. The lowest BCUT2D eigenvalue weighted by molar-refractivity contribution is -0.121. The van der Waals surface area contributed by atoms with Gasteiger partial charge in [-0.2, -0.15) is 0 Å². The zero-order valence-electron chi connectivity index (χ0n) is 12.7. The molecule has 0 aliphatic carbocycles. The second kappa shape index (κ2) is 6.61. The number of aryl methyl sites for hydroxylation is 1. The quantitative estimate of drug-likeness (QED) is 0.832. The Morgan fingerprint density at radius 3 is 2.62 bits per heavy atom. The van der Waals surface area contributed by atoms with Crippen molar-refractivity contribution in [3.05, 3.63) is 29.3 Å². The molecule has 1 aliphatic rings. The van der Waals surface area contributed by atoms with E-state index in [4.69, 9.17) is 5.73 Å². The molecule has 2 rings (SSSR count). The zero-order valence-corrected chi connectivity index (χ0v) is 12.7. The summed E-state index contributed by atoms with van der Waals surface area (Å²) >= 11 is 0. The number of para-hydroxylation sites is 1. The molecule has 0 spiro atoms. The summed E-state index contributed by atoms with van der Waals surface area (Å²) in [5.74, 6) is 0.0548. The van der Waals surface area contributed by atoms with Crippen LogP contribution in [0.2, 0.25) is 0 Å². The van der Waals surface area contributed by atoms with Crippen molar-refractivity contribution in [2.45, 2.75) is 39.2 Å². The Balaban J connectivity index is 1.97. The molecule has 5 heteroatoms. The molecule has 0 saturated carbocycles.